The number of amides is 2. The third-order valence-electron chi connectivity index (χ3n) is 4.83. The Morgan fingerprint density at radius 3 is 2.52 bits per heavy atom. The van der Waals surface area contributed by atoms with Crippen LogP contribution < -0.4 is 5.43 Å². The molecule has 8 nitrogen and oxygen atoms in total. The molecule has 1 unspecified atom stereocenters. The molecule has 1 fully saturated rings. The maximum Gasteiger partial charge on any atom is 0.334 e. The van der Waals surface area contributed by atoms with Crippen molar-refractivity contribution in [2.75, 3.05) is 26.8 Å². The highest BCUT2D eigenvalue weighted by Gasteiger charge is 2.37. The summed E-state index contributed by atoms with van der Waals surface area (Å²) >= 11 is 0. The maximum absolute atomic E-state index is 12.9. The Labute approximate surface area is 172 Å². The normalized spacial score (nSPS) is 16.9. The Hall–Kier alpha value is -2.61. The number of benzene rings is 1. The van der Waals surface area contributed by atoms with Crippen LogP contribution in [-0.4, -0.2) is 66.8 Å². The summed E-state index contributed by atoms with van der Waals surface area (Å²) in [5, 5.41) is 1.27. The lowest BCUT2D eigenvalue weighted by molar-refractivity contribution is -0.149. The van der Waals surface area contributed by atoms with Crippen molar-refractivity contribution in [3.05, 3.63) is 35.9 Å². The number of esters is 2. The lowest BCUT2D eigenvalue weighted by Gasteiger charge is -2.31. The maximum atomic E-state index is 12.9. The Morgan fingerprint density at radius 1 is 1.17 bits per heavy atom. The van der Waals surface area contributed by atoms with E-state index in [9.17, 15) is 14.4 Å². The van der Waals surface area contributed by atoms with Gasteiger partial charge in [-0.2, -0.15) is 0 Å². The number of nitrogens with one attached hydrogen (secondary N) is 1. The summed E-state index contributed by atoms with van der Waals surface area (Å²) in [5.41, 5.74) is 4.05. The fourth-order valence-corrected chi connectivity index (χ4v) is 3.39. The molecule has 1 saturated heterocycles. The summed E-state index contributed by atoms with van der Waals surface area (Å²) in [4.78, 5) is 38.9. The van der Waals surface area contributed by atoms with Gasteiger partial charge in [0.25, 0.3) is 0 Å². The van der Waals surface area contributed by atoms with E-state index in [0.717, 1.165) is 12.0 Å². The van der Waals surface area contributed by atoms with E-state index in [0.29, 0.717) is 25.8 Å². The molecule has 0 spiro atoms. The van der Waals surface area contributed by atoms with Crippen molar-refractivity contribution in [1.82, 2.24) is 15.3 Å². The zero-order valence-corrected chi connectivity index (χ0v) is 17.4. The topological polar surface area (TPSA) is 88.2 Å². The van der Waals surface area contributed by atoms with Gasteiger partial charge < -0.3 is 14.4 Å². The second kappa shape index (κ2) is 11.4. The van der Waals surface area contributed by atoms with Crippen molar-refractivity contribution >= 4 is 18.0 Å². The van der Waals surface area contributed by atoms with Crippen LogP contribution in [0.25, 0.3) is 0 Å². The molecule has 1 heterocycles. The van der Waals surface area contributed by atoms with E-state index in [1.165, 1.54) is 9.91 Å². The third-order valence-corrected chi connectivity index (χ3v) is 4.83. The lowest BCUT2D eigenvalue weighted by atomic mass is 10.1. The van der Waals surface area contributed by atoms with Crippen LogP contribution >= 0.6 is 0 Å². The van der Waals surface area contributed by atoms with E-state index in [4.69, 9.17) is 9.47 Å². The fraction of sp³-hybridized carbons (Fsp3) is 0.571. The van der Waals surface area contributed by atoms with Crippen molar-refractivity contribution in [3.63, 3.8) is 0 Å². The molecule has 1 N–H and O–H groups in total. The van der Waals surface area contributed by atoms with Gasteiger partial charge in [0.2, 0.25) is 0 Å². The molecule has 0 aliphatic carbocycles. The van der Waals surface area contributed by atoms with E-state index >= 15 is 0 Å². The van der Waals surface area contributed by atoms with Gasteiger partial charge in [-0.25, -0.2) is 15.0 Å². The van der Waals surface area contributed by atoms with Crippen molar-refractivity contribution in [2.24, 2.45) is 0 Å². The van der Waals surface area contributed by atoms with Gasteiger partial charge in [-0.15, -0.1) is 0 Å². The van der Waals surface area contributed by atoms with E-state index in [1.807, 2.05) is 30.3 Å². The highest BCUT2D eigenvalue weighted by molar-refractivity contribution is 5.84. The number of aryl methyl sites for hydroxylation is 1. The number of hydrogen-bond acceptors (Lipinski definition) is 6. The minimum absolute atomic E-state index is 0.261. The second-order valence-corrected chi connectivity index (χ2v) is 6.90. The summed E-state index contributed by atoms with van der Waals surface area (Å²) in [6.45, 7) is 4.49. The molecule has 8 heteroatoms. The predicted octanol–water partition coefficient (Wildman–Crippen LogP) is 2.13. The van der Waals surface area contributed by atoms with Gasteiger partial charge in [-0.3, -0.25) is 9.80 Å². The first-order valence-corrected chi connectivity index (χ1v) is 10.2. The van der Waals surface area contributed by atoms with Gasteiger partial charge in [0, 0.05) is 13.6 Å². The molecule has 1 aliphatic rings. The summed E-state index contributed by atoms with van der Waals surface area (Å²) in [6.07, 6.45) is 2.45. The van der Waals surface area contributed by atoms with Crippen LogP contribution in [0, 0.1) is 0 Å². The van der Waals surface area contributed by atoms with Crippen LogP contribution in [0.15, 0.2) is 30.3 Å². The Bertz CT molecular complexity index is 682. The molecular formula is C21H31N3O5. The summed E-state index contributed by atoms with van der Waals surface area (Å²) in [5.74, 6) is -0.802. The minimum atomic E-state index is -0.673. The lowest BCUT2D eigenvalue weighted by Crippen LogP contribution is -2.55. The van der Waals surface area contributed by atoms with Crippen LogP contribution in [0.1, 0.15) is 38.7 Å². The molecule has 1 aliphatic heterocycles. The summed E-state index contributed by atoms with van der Waals surface area (Å²) in [6, 6.07) is 8.18. The van der Waals surface area contributed by atoms with Gasteiger partial charge >= 0.3 is 18.0 Å². The molecule has 0 aromatic heterocycles. The summed E-state index contributed by atoms with van der Waals surface area (Å²) < 4.78 is 10.2. The highest BCUT2D eigenvalue weighted by atomic mass is 16.5. The number of carbonyl (C=O) groups excluding carboxylic acids is 3. The van der Waals surface area contributed by atoms with Crippen LogP contribution in [0.2, 0.25) is 0 Å². The molecule has 2 atom stereocenters. The largest absolute Gasteiger partial charge is 0.465 e. The van der Waals surface area contributed by atoms with E-state index in [1.54, 1.807) is 20.9 Å². The van der Waals surface area contributed by atoms with Gasteiger partial charge in [0.05, 0.1) is 13.2 Å². The molecule has 0 bridgehead atoms. The number of hydrazine groups is 1. The predicted molar refractivity (Wildman–Crippen MR) is 108 cm³/mol. The number of hydrogen-bond donors (Lipinski definition) is 1. The average Bonchev–Trinajstić information content (AvgIpc) is 3.21. The molecule has 2 amide bonds. The molecule has 29 heavy (non-hydrogen) atoms. The number of carbonyl (C=O) groups is 3. The molecular weight excluding hydrogens is 374 g/mol. The Morgan fingerprint density at radius 2 is 1.86 bits per heavy atom. The number of nitrogens with zero attached hydrogens (tertiary/aromatic N) is 2. The number of likely N-dealkylation sites (tertiary alicyclic amines) is 1. The molecule has 1 aromatic rings. The van der Waals surface area contributed by atoms with Gasteiger partial charge in [0.1, 0.15) is 12.1 Å². The van der Waals surface area contributed by atoms with Crippen LogP contribution in [0.4, 0.5) is 4.79 Å². The van der Waals surface area contributed by atoms with Gasteiger partial charge in [-0.05, 0) is 45.1 Å². The van der Waals surface area contributed by atoms with Crippen molar-refractivity contribution in [3.8, 4) is 0 Å². The van der Waals surface area contributed by atoms with Crippen LogP contribution in [0.5, 0.6) is 0 Å². The third kappa shape index (κ3) is 6.45. The van der Waals surface area contributed by atoms with E-state index in [-0.39, 0.29) is 19.2 Å². The first-order chi connectivity index (χ1) is 14.0. The van der Waals surface area contributed by atoms with Crippen LogP contribution in [0.3, 0.4) is 0 Å². The number of ether oxygens (including phenoxy) is 2. The molecule has 2 rings (SSSR count). The van der Waals surface area contributed by atoms with Crippen LogP contribution in [-0.2, 0) is 25.5 Å². The first kappa shape index (κ1) is 22.7. The Balaban J connectivity index is 2.01. The number of rotatable bonds is 9. The van der Waals surface area contributed by atoms with E-state index in [2.05, 4.69) is 5.43 Å². The Kier molecular flexibility index (Phi) is 8.92. The standard InChI is InChI=1S/C21H31N3O5/c1-4-28-19(25)17(14-13-16-10-7-6-8-11-16)22-23(3)21(27)24-15-9-12-18(24)20(26)29-5-2/h6-8,10-11,17-18,22H,4-5,9,12-15H2,1-3H3/t17?,18-/m0/s1. The summed E-state index contributed by atoms with van der Waals surface area (Å²) in [7, 11) is 1.55. The smallest absolute Gasteiger partial charge is 0.334 e. The number of urea groups is 1. The molecule has 1 aromatic carbocycles. The highest BCUT2D eigenvalue weighted by Crippen LogP contribution is 2.20. The van der Waals surface area contributed by atoms with Gasteiger partial charge in [-0.1, -0.05) is 30.3 Å². The SMILES string of the molecule is CCOC(=O)C(CCc1ccccc1)NN(C)C(=O)N1CCC[C@H]1C(=O)OCC. The van der Waals surface area contributed by atoms with Gasteiger partial charge in [0.15, 0.2) is 0 Å². The average molecular weight is 405 g/mol. The quantitative estimate of drug-likeness (QED) is 0.500. The fourth-order valence-electron chi connectivity index (χ4n) is 3.39. The first-order valence-electron chi connectivity index (χ1n) is 10.2. The van der Waals surface area contributed by atoms with E-state index < -0.39 is 24.0 Å². The van der Waals surface area contributed by atoms with Crippen molar-refractivity contribution < 1.29 is 23.9 Å². The monoisotopic (exact) mass is 405 g/mol. The molecule has 160 valence electrons. The zero-order valence-electron chi connectivity index (χ0n) is 17.4. The molecule has 0 radical (unpaired) electrons. The second-order valence-electron chi connectivity index (χ2n) is 6.90. The minimum Gasteiger partial charge on any atom is -0.465 e. The zero-order chi connectivity index (χ0) is 21.2. The van der Waals surface area contributed by atoms with Crippen molar-refractivity contribution in [2.45, 2.75) is 51.6 Å². The molecule has 0 saturated carbocycles. The van der Waals surface area contributed by atoms with Crippen molar-refractivity contribution in [1.29, 1.82) is 0 Å².